The number of ether oxygens (including phenoxy) is 2. The van der Waals surface area contributed by atoms with E-state index >= 15 is 0 Å². The molecule has 140 valence electrons. The molecule has 2 amide bonds. The van der Waals surface area contributed by atoms with Crippen LogP contribution in [0.1, 0.15) is 25.3 Å². The predicted molar refractivity (Wildman–Crippen MR) is 90.1 cm³/mol. The number of carboxylic acids is 1. The van der Waals surface area contributed by atoms with Gasteiger partial charge in [0.25, 0.3) is 5.91 Å². The molecule has 2 aliphatic heterocycles. The number of rotatable bonds is 5. The fourth-order valence-corrected chi connectivity index (χ4v) is 3.58. The van der Waals surface area contributed by atoms with Crippen molar-refractivity contribution in [3.63, 3.8) is 0 Å². The molecule has 26 heavy (non-hydrogen) atoms. The lowest BCUT2D eigenvalue weighted by atomic mass is 9.79. The van der Waals surface area contributed by atoms with Crippen molar-refractivity contribution in [1.82, 2.24) is 10.9 Å². The Morgan fingerprint density at radius 1 is 1.19 bits per heavy atom. The molecule has 2 aliphatic rings. The van der Waals surface area contributed by atoms with Crippen LogP contribution in [0.3, 0.4) is 0 Å². The van der Waals surface area contributed by atoms with Crippen LogP contribution in [-0.4, -0.2) is 41.2 Å². The fourth-order valence-electron chi connectivity index (χ4n) is 3.58. The van der Waals surface area contributed by atoms with Gasteiger partial charge < -0.3 is 14.6 Å². The van der Waals surface area contributed by atoms with E-state index in [0.29, 0.717) is 18.6 Å². The first-order valence-electron chi connectivity index (χ1n) is 8.58. The van der Waals surface area contributed by atoms with E-state index in [1.165, 1.54) is 0 Å². The van der Waals surface area contributed by atoms with Crippen LogP contribution in [0.25, 0.3) is 0 Å². The average Bonchev–Trinajstić information content (AvgIpc) is 3.20. The number of nitrogens with one attached hydrogen (secondary N) is 2. The molecule has 5 atom stereocenters. The topological polar surface area (TPSA) is 114 Å². The number of carboxylic acid groups (broad SMARTS) is 1. The summed E-state index contributed by atoms with van der Waals surface area (Å²) in [6.45, 7) is 3.47. The van der Waals surface area contributed by atoms with Crippen molar-refractivity contribution in [2.75, 3.05) is 0 Å². The highest BCUT2D eigenvalue weighted by molar-refractivity contribution is 5.89. The van der Waals surface area contributed by atoms with Gasteiger partial charge in [-0.05, 0) is 44.4 Å². The van der Waals surface area contributed by atoms with Crippen molar-refractivity contribution in [2.24, 2.45) is 11.8 Å². The van der Waals surface area contributed by atoms with E-state index in [1.54, 1.807) is 19.1 Å². The molecule has 8 heteroatoms. The summed E-state index contributed by atoms with van der Waals surface area (Å²) in [5.74, 6) is -3.28. The minimum Gasteiger partial charge on any atom is -0.481 e. The van der Waals surface area contributed by atoms with Crippen LogP contribution in [0, 0.1) is 18.8 Å². The van der Waals surface area contributed by atoms with Gasteiger partial charge in [0, 0.05) is 0 Å². The Bertz CT molecular complexity index is 721. The number of hydrazine groups is 1. The largest absolute Gasteiger partial charge is 0.481 e. The molecule has 2 saturated heterocycles. The van der Waals surface area contributed by atoms with Crippen molar-refractivity contribution < 1.29 is 29.0 Å². The van der Waals surface area contributed by atoms with E-state index in [9.17, 15) is 19.5 Å². The zero-order chi connectivity index (χ0) is 18.8. The highest BCUT2D eigenvalue weighted by Crippen LogP contribution is 2.43. The van der Waals surface area contributed by atoms with Gasteiger partial charge in [0.1, 0.15) is 5.75 Å². The fraction of sp³-hybridized carbons (Fsp3) is 0.500. The second-order valence-electron chi connectivity index (χ2n) is 6.74. The summed E-state index contributed by atoms with van der Waals surface area (Å²) in [4.78, 5) is 35.9. The maximum atomic E-state index is 12.4. The van der Waals surface area contributed by atoms with Crippen molar-refractivity contribution >= 4 is 17.8 Å². The maximum absolute atomic E-state index is 12.4. The summed E-state index contributed by atoms with van der Waals surface area (Å²) in [5.41, 5.74) is 5.61. The minimum atomic E-state index is -1.06. The molecule has 2 bridgehead atoms. The Balaban J connectivity index is 1.54. The van der Waals surface area contributed by atoms with Gasteiger partial charge in [-0.1, -0.05) is 12.1 Å². The number of hydrogen-bond donors (Lipinski definition) is 3. The van der Waals surface area contributed by atoms with E-state index in [0.717, 1.165) is 5.56 Å². The number of benzene rings is 1. The molecule has 3 rings (SSSR count). The summed E-state index contributed by atoms with van der Waals surface area (Å²) in [5, 5.41) is 9.34. The molecule has 3 N–H and O–H groups in total. The van der Waals surface area contributed by atoms with E-state index in [2.05, 4.69) is 10.9 Å². The van der Waals surface area contributed by atoms with Gasteiger partial charge in [-0.15, -0.1) is 0 Å². The average molecular weight is 362 g/mol. The van der Waals surface area contributed by atoms with E-state index in [4.69, 9.17) is 9.47 Å². The Morgan fingerprint density at radius 3 is 2.54 bits per heavy atom. The molecule has 0 spiro atoms. The summed E-state index contributed by atoms with van der Waals surface area (Å²) >= 11 is 0. The third-order valence-electron chi connectivity index (χ3n) is 4.84. The maximum Gasteiger partial charge on any atom is 0.310 e. The zero-order valence-corrected chi connectivity index (χ0v) is 14.6. The highest BCUT2D eigenvalue weighted by Gasteiger charge is 2.55. The predicted octanol–water partition coefficient (Wildman–Crippen LogP) is 0.788. The normalized spacial score (nSPS) is 27.6. The van der Waals surface area contributed by atoms with Crippen LogP contribution in [0.15, 0.2) is 24.3 Å². The summed E-state index contributed by atoms with van der Waals surface area (Å²) in [7, 11) is 0. The van der Waals surface area contributed by atoms with Gasteiger partial charge in [-0.3, -0.25) is 25.2 Å². The SMILES string of the molecule is Cc1cccc(O[C@@H](C)C(=O)NNC(=O)[C@H]2[C@@H](C(=O)O)[C@H]3CC[C@@H]2O3)c1. The number of aryl methyl sites for hydroxylation is 1. The number of carbonyl (C=O) groups is 3. The Kier molecular flexibility index (Phi) is 5.13. The molecule has 8 nitrogen and oxygen atoms in total. The molecule has 1 aromatic rings. The van der Waals surface area contributed by atoms with Crippen molar-refractivity contribution in [2.45, 2.75) is 45.0 Å². The number of carbonyl (C=O) groups excluding carboxylic acids is 2. The first kappa shape index (κ1) is 18.2. The number of hydrogen-bond acceptors (Lipinski definition) is 5. The van der Waals surface area contributed by atoms with Gasteiger partial charge >= 0.3 is 5.97 Å². The first-order chi connectivity index (χ1) is 12.4. The second-order valence-corrected chi connectivity index (χ2v) is 6.74. The molecule has 1 aromatic carbocycles. The quantitative estimate of drug-likeness (QED) is 0.667. The first-order valence-corrected chi connectivity index (χ1v) is 8.58. The van der Waals surface area contributed by atoms with Crippen LogP contribution in [0.2, 0.25) is 0 Å². The van der Waals surface area contributed by atoms with Crippen LogP contribution in [-0.2, 0) is 19.1 Å². The third kappa shape index (κ3) is 3.65. The van der Waals surface area contributed by atoms with Gasteiger partial charge in [-0.25, -0.2) is 0 Å². The zero-order valence-electron chi connectivity index (χ0n) is 14.6. The molecule has 0 aromatic heterocycles. The summed E-state index contributed by atoms with van der Waals surface area (Å²) in [6, 6.07) is 7.26. The van der Waals surface area contributed by atoms with Crippen LogP contribution in [0.4, 0.5) is 0 Å². The lowest BCUT2D eigenvalue weighted by molar-refractivity contribution is -0.148. The molecule has 0 aliphatic carbocycles. The number of aliphatic carboxylic acids is 1. The molecule has 2 heterocycles. The van der Waals surface area contributed by atoms with E-state index in [1.807, 2.05) is 19.1 Å². The minimum absolute atomic E-state index is 0.418. The van der Waals surface area contributed by atoms with Gasteiger partial charge in [0.2, 0.25) is 5.91 Å². The summed E-state index contributed by atoms with van der Waals surface area (Å²) < 4.78 is 11.1. The third-order valence-corrected chi connectivity index (χ3v) is 4.84. The van der Waals surface area contributed by atoms with E-state index in [-0.39, 0.29) is 0 Å². The van der Waals surface area contributed by atoms with Crippen molar-refractivity contribution in [1.29, 1.82) is 0 Å². The molecular weight excluding hydrogens is 340 g/mol. The van der Waals surface area contributed by atoms with Gasteiger partial charge in [0.15, 0.2) is 6.10 Å². The Labute approximate surface area is 150 Å². The van der Waals surface area contributed by atoms with E-state index < -0.39 is 47.9 Å². The van der Waals surface area contributed by atoms with Crippen LogP contribution in [0.5, 0.6) is 5.75 Å². The lowest BCUT2D eigenvalue weighted by Gasteiger charge is -2.24. The Morgan fingerprint density at radius 2 is 1.88 bits per heavy atom. The van der Waals surface area contributed by atoms with Crippen LogP contribution < -0.4 is 15.6 Å². The van der Waals surface area contributed by atoms with Crippen LogP contribution >= 0.6 is 0 Å². The molecular formula is C18H22N2O6. The summed E-state index contributed by atoms with van der Waals surface area (Å²) in [6.07, 6.45) is -0.401. The lowest BCUT2D eigenvalue weighted by Crippen LogP contribution is -2.52. The molecule has 0 unspecified atom stereocenters. The monoisotopic (exact) mass is 362 g/mol. The molecule has 2 fully saturated rings. The number of fused-ring (bicyclic) bond motifs is 2. The van der Waals surface area contributed by atoms with Crippen molar-refractivity contribution in [3.8, 4) is 5.75 Å². The van der Waals surface area contributed by atoms with Gasteiger partial charge in [0.05, 0.1) is 24.0 Å². The van der Waals surface area contributed by atoms with Crippen molar-refractivity contribution in [3.05, 3.63) is 29.8 Å². The number of amides is 2. The highest BCUT2D eigenvalue weighted by atomic mass is 16.5. The Hall–Kier alpha value is -2.61. The molecule has 0 saturated carbocycles. The smallest absolute Gasteiger partial charge is 0.310 e. The second kappa shape index (κ2) is 7.33. The van der Waals surface area contributed by atoms with Gasteiger partial charge in [-0.2, -0.15) is 0 Å². The standard InChI is InChI=1S/C18H22N2O6/c1-9-4-3-5-11(8-9)25-10(2)16(21)19-20-17(22)14-12-6-7-13(26-12)15(14)18(23)24/h3-5,8,10,12-15H,6-7H2,1-2H3,(H,19,21)(H,20,22)(H,23,24)/t10-,12-,13+,14+,15-/m0/s1. The molecule has 0 radical (unpaired) electrons.